The average molecular weight is 487 g/mol. The smallest absolute Gasteiger partial charge is 0.417 e. The highest BCUT2D eigenvalue weighted by molar-refractivity contribution is 5.98. The first-order chi connectivity index (χ1) is 16.7. The summed E-state index contributed by atoms with van der Waals surface area (Å²) in [6, 6.07) is 3.57. The van der Waals surface area contributed by atoms with Gasteiger partial charge in [0.15, 0.2) is 11.6 Å². The van der Waals surface area contributed by atoms with Crippen LogP contribution in [0.4, 0.5) is 17.6 Å². The number of hydrogen-bond donors (Lipinski definition) is 0. The summed E-state index contributed by atoms with van der Waals surface area (Å²) >= 11 is 0. The quantitative estimate of drug-likeness (QED) is 0.505. The van der Waals surface area contributed by atoms with Gasteiger partial charge in [-0.15, -0.1) is 0 Å². The number of fused-ring (bicyclic) bond motifs is 3. The number of ether oxygens (including phenoxy) is 1. The van der Waals surface area contributed by atoms with E-state index in [0.717, 1.165) is 36.6 Å². The van der Waals surface area contributed by atoms with E-state index >= 15 is 0 Å². The van der Waals surface area contributed by atoms with Crippen molar-refractivity contribution in [2.45, 2.75) is 44.5 Å². The van der Waals surface area contributed by atoms with Gasteiger partial charge in [0.05, 0.1) is 29.6 Å². The van der Waals surface area contributed by atoms with E-state index in [1.807, 2.05) is 6.92 Å². The fourth-order valence-corrected chi connectivity index (χ4v) is 4.76. The second-order valence-electron chi connectivity index (χ2n) is 8.88. The second kappa shape index (κ2) is 8.86. The summed E-state index contributed by atoms with van der Waals surface area (Å²) in [6.45, 7) is 2.33. The SMILES string of the molecule is Cc1cnc(C(=O)N2C[C@@H]3CC[C@H]2[C@H](Oc2ccc(C(F)(F)F)cn2)C3)c(-c2ncc(F)cn2)c1. The second-order valence-corrected chi connectivity index (χ2v) is 8.88. The fourth-order valence-electron chi connectivity index (χ4n) is 4.76. The van der Waals surface area contributed by atoms with E-state index in [0.29, 0.717) is 24.9 Å². The number of halogens is 4. The number of nitrogens with zero attached hydrogens (tertiary/aromatic N) is 5. The maximum Gasteiger partial charge on any atom is 0.417 e. The molecule has 2 aliphatic heterocycles. The molecular weight excluding hydrogens is 466 g/mol. The maximum atomic E-state index is 13.7. The Morgan fingerprint density at radius 3 is 2.49 bits per heavy atom. The number of carbonyl (C=O) groups excluding carboxylic acids is 1. The van der Waals surface area contributed by atoms with Crippen LogP contribution in [0.3, 0.4) is 0 Å². The molecular formula is C24H21F4N5O2. The van der Waals surface area contributed by atoms with Crippen molar-refractivity contribution in [1.82, 2.24) is 24.8 Å². The summed E-state index contributed by atoms with van der Waals surface area (Å²) in [7, 11) is 0. The summed E-state index contributed by atoms with van der Waals surface area (Å²) in [4.78, 5) is 31.5. The Morgan fingerprint density at radius 2 is 1.83 bits per heavy atom. The number of carbonyl (C=O) groups is 1. The van der Waals surface area contributed by atoms with E-state index in [2.05, 4.69) is 19.9 Å². The lowest BCUT2D eigenvalue weighted by molar-refractivity contribution is -0.137. The van der Waals surface area contributed by atoms with Crippen LogP contribution < -0.4 is 4.74 Å². The van der Waals surface area contributed by atoms with E-state index < -0.39 is 23.7 Å². The number of piperidine rings is 2. The molecule has 0 N–H and O–H groups in total. The van der Waals surface area contributed by atoms with Crippen LogP contribution in [0.25, 0.3) is 11.4 Å². The minimum Gasteiger partial charge on any atom is -0.472 e. The third kappa shape index (κ3) is 4.67. The Balaban J connectivity index is 1.40. The molecule has 3 atom stereocenters. The molecule has 35 heavy (non-hydrogen) atoms. The van der Waals surface area contributed by atoms with Gasteiger partial charge in [-0.3, -0.25) is 9.78 Å². The van der Waals surface area contributed by atoms with Gasteiger partial charge in [-0.1, -0.05) is 0 Å². The topological polar surface area (TPSA) is 81.1 Å². The van der Waals surface area contributed by atoms with Crippen LogP contribution in [-0.4, -0.2) is 49.4 Å². The molecule has 6 rings (SSSR count). The lowest BCUT2D eigenvalue weighted by Crippen LogP contribution is -2.59. The standard InChI is InChI=1S/C24H21F4N5O2/c1-13-6-17(22-31-10-16(25)11-32-22)21(30-8-13)23(34)33-12-14-2-4-18(33)19(7-14)35-20-5-3-15(9-29-20)24(26,27)28/h3,5-6,8-11,14,18-19H,2,4,7,12H2,1H3/t14-,18+,19-/m1/s1. The van der Waals surface area contributed by atoms with Crippen LogP contribution in [0.2, 0.25) is 0 Å². The van der Waals surface area contributed by atoms with E-state index in [4.69, 9.17) is 4.74 Å². The van der Waals surface area contributed by atoms with Gasteiger partial charge in [0.25, 0.3) is 5.91 Å². The van der Waals surface area contributed by atoms with Crippen molar-refractivity contribution in [2.75, 3.05) is 6.54 Å². The Bertz CT molecular complexity index is 1230. The lowest BCUT2D eigenvalue weighted by Gasteiger charge is -2.49. The Labute approximate surface area is 198 Å². The molecule has 0 radical (unpaired) electrons. The first-order valence-corrected chi connectivity index (χ1v) is 11.1. The van der Waals surface area contributed by atoms with Gasteiger partial charge in [0.2, 0.25) is 5.88 Å². The predicted octanol–water partition coefficient (Wildman–Crippen LogP) is 4.47. The molecule has 1 saturated carbocycles. The van der Waals surface area contributed by atoms with Gasteiger partial charge < -0.3 is 9.64 Å². The van der Waals surface area contributed by atoms with Gasteiger partial charge in [-0.2, -0.15) is 13.2 Å². The molecule has 3 fully saturated rings. The zero-order valence-corrected chi connectivity index (χ0v) is 18.7. The summed E-state index contributed by atoms with van der Waals surface area (Å²) in [5.41, 5.74) is 0.492. The van der Waals surface area contributed by atoms with Crippen molar-refractivity contribution in [3.05, 3.63) is 65.6 Å². The minimum absolute atomic E-state index is 0.0804. The molecule has 0 unspecified atom stereocenters. The van der Waals surface area contributed by atoms with Crippen molar-refractivity contribution in [3.8, 4) is 17.3 Å². The zero-order valence-electron chi connectivity index (χ0n) is 18.7. The summed E-state index contributed by atoms with van der Waals surface area (Å²) < 4.78 is 57.8. The van der Waals surface area contributed by atoms with Crippen LogP contribution in [0.1, 0.15) is 40.9 Å². The van der Waals surface area contributed by atoms with E-state index in [9.17, 15) is 22.4 Å². The zero-order chi connectivity index (χ0) is 24.7. The van der Waals surface area contributed by atoms with Gasteiger partial charge in [-0.25, -0.2) is 19.3 Å². The molecule has 0 aromatic carbocycles. The highest BCUT2D eigenvalue weighted by Gasteiger charge is 2.45. The Hall–Kier alpha value is -3.63. The van der Waals surface area contributed by atoms with Crippen molar-refractivity contribution < 1.29 is 27.1 Å². The van der Waals surface area contributed by atoms with Crippen LogP contribution in [0.15, 0.2) is 43.0 Å². The predicted molar refractivity (Wildman–Crippen MR) is 116 cm³/mol. The van der Waals surface area contributed by atoms with Crippen molar-refractivity contribution in [2.24, 2.45) is 5.92 Å². The highest BCUT2D eigenvalue weighted by atomic mass is 19.4. The third-order valence-corrected chi connectivity index (χ3v) is 6.41. The fraction of sp³-hybridized carbons (Fsp3) is 0.375. The van der Waals surface area contributed by atoms with Crippen LogP contribution in [-0.2, 0) is 6.18 Å². The number of pyridine rings is 2. The van der Waals surface area contributed by atoms with Crippen molar-refractivity contribution in [1.29, 1.82) is 0 Å². The Morgan fingerprint density at radius 1 is 1.06 bits per heavy atom. The van der Waals surface area contributed by atoms with Gasteiger partial charge in [-0.05, 0) is 49.8 Å². The summed E-state index contributed by atoms with van der Waals surface area (Å²) in [5.74, 6) is -0.463. The van der Waals surface area contributed by atoms with Crippen LogP contribution in [0.5, 0.6) is 5.88 Å². The molecule has 7 nitrogen and oxygen atoms in total. The van der Waals surface area contributed by atoms with Crippen LogP contribution >= 0.6 is 0 Å². The largest absolute Gasteiger partial charge is 0.472 e. The minimum atomic E-state index is -4.48. The van der Waals surface area contributed by atoms with Gasteiger partial charge in [0.1, 0.15) is 11.8 Å². The maximum absolute atomic E-state index is 13.7. The van der Waals surface area contributed by atoms with Crippen molar-refractivity contribution in [3.63, 3.8) is 0 Å². The van der Waals surface area contributed by atoms with Crippen molar-refractivity contribution >= 4 is 5.91 Å². The van der Waals surface area contributed by atoms with Gasteiger partial charge in [0, 0.05) is 25.0 Å². The molecule has 2 bridgehead atoms. The van der Waals surface area contributed by atoms with E-state index in [1.54, 1.807) is 17.2 Å². The molecule has 182 valence electrons. The number of hydrogen-bond acceptors (Lipinski definition) is 6. The number of alkyl halides is 3. The normalized spacial score (nSPS) is 21.7. The van der Waals surface area contributed by atoms with E-state index in [-0.39, 0.29) is 35.3 Å². The first kappa shape index (κ1) is 23.1. The molecule has 11 heteroatoms. The highest BCUT2D eigenvalue weighted by Crippen LogP contribution is 2.39. The molecule has 3 aliphatic rings. The molecule has 1 amide bonds. The van der Waals surface area contributed by atoms with Gasteiger partial charge >= 0.3 is 6.18 Å². The third-order valence-electron chi connectivity index (χ3n) is 6.41. The number of rotatable bonds is 4. The average Bonchev–Trinajstić information content (AvgIpc) is 2.84. The molecule has 3 aromatic rings. The molecule has 1 aliphatic carbocycles. The first-order valence-electron chi connectivity index (χ1n) is 11.1. The molecule has 0 spiro atoms. The number of amides is 1. The van der Waals surface area contributed by atoms with E-state index in [1.165, 1.54) is 6.07 Å². The monoisotopic (exact) mass is 487 g/mol. The summed E-state index contributed by atoms with van der Waals surface area (Å²) in [6.07, 6.45) is 1.77. The molecule has 3 aromatic heterocycles. The number of aryl methyl sites for hydroxylation is 1. The molecule has 2 saturated heterocycles. The lowest BCUT2D eigenvalue weighted by atomic mass is 9.77. The Kier molecular flexibility index (Phi) is 5.86. The number of aromatic nitrogens is 4. The summed E-state index contributed by atoms with van der Waals surface area (Å²) in [5, 5.41) is 0. The molecule has 5 heterocycles. The van der Waals surface area contributed by atoms with Crippen LogP contribution in [0, 0.1) is 18.7 Å².